The summed E-state index contributed by atoms with van der Waals surface area (Å²) in [6.45, 7) is 4.20. The van der Waals surface area contributed by atoms with Crippen molar-refractivity contribution in [1.82, 2.24) is 4.98 Å². The average molecular weight is 204 g/mol. The lowest BCUT2D eigenvalue weighted by atomic mass is 10.2. The molecule has 0 aromatic carbocycles. The lowest BCUT2D eigenvalue weighted by molar-refractivity contribution is 0.687. The van der Waals surface area contributed by atoms with Crippen molar-refractivity contribution in [2.24, 2.45) is 0 Å². The van der Waals surface area contributed by atoms with Crippen LogP contribution in [-0.4, -0.2) is 11.0 Å². The Hall–Kier alpha value is -1.76. The number of hydrogen-bond donors (Lipinski definition) is 2. The largest absolute Gasteiger partial charge is 0.397 e. The molecule has 15 heavy (non-hydrogen) atoms. The van der Waals surface area contributed by atoms with Gasteiger partial charge in [-0.2, -0.15) is 5.26 Å². The van der Waals surface area contributed by atoms with E-state index in [9.17, 15) is 0 Å². The Bertz CT molecular complexity index is 367. The van der Waals surface area contributed by atoms with Gasteiger partial charge in [0.15, 0.2) is 0 Å². The van der Waals surface area contributed by atoms with Crippen LogP contribution < -0.4 is 11.1 Å². The van der Waals surface area contributed by atoms with Crippen LogP contribution in [-0.2, 0) is 0 Å². The van der Waals surface area contributed by atoms with Gasteiger partial charge >= 0.3 is 0 Å². The highest BCUT2D eigenvalue weighted by Crippen LogP contribution is 2.16. The fraction of sp³-hybridized carbons (Fsp3) is 0.455. The van der Waals surface area contributed by atoms with Crippen LogP contribution in [0.1, 0.15) is 32.3 Å². The standard InChI is InChI=1S/C11H16N4/c1-3-4-8(2)15-11-9(6-12)5-10(13)7-14-11/h5,7-8H,3-4,13H2,1-2H3,(H,14,15). The number of nitrogens with zero attached hydrogens (tertiary/aromatic N) is 2. The Balaban J connectivity index is 2.81. The molecule has 1 heterocycles. The third kappa shape index (κ3) is 3.13. The summed E-state index contributed by atoms with van der Waals surface area (Å²) in [5, 5.41) is 12.1. The molecule has 1 rings (SSSR count). The number of anilines is 2. The number of nitrogen functional groups attached to an aromatic ring is 1. The van der Waals surface area contributed by atoms with Crippen LogP contribution in [0.15, 0.2) is 12.3 Å². The first-order valence-electron chi connectivity index (χ1n) is 5.09. The molecule has 0 radical (unpaired) electrons. The fourth-order valence-corrected chi connectivity index (χ4v) is 1.42. The summed E-state index contributed by atoms with van der Waals surface area (Å²) >= 11 is 0. The van der Waals surface area contributed by atoms with Crippen LogP contribution in [0, 0.1) is 11.3 Å². The lowest BCUT2D eigenvalue weighted by Crippen LogP contribution is -2.16. The Morgan fingerprint density at radius 3 is 3.00 bits per heavy atom. The predicted octanol–water partition coefficient (Wildman–Crippen LogP) is 2.14. The Morgan fingerprint density at radius 2 is 2.40 bits per heavy atom. The molecule has 3 N–H and O–H groups in total. The maximum Gasteiger partial charge on any atom is 0.144 e. The number of aromatic nitrogens is 1. The summed E-state index contributed by atoms with van der Waals surface area (Å²) in [6.07, 6.45) is 3.71. The van der Waals surface area contributed by atoms with Crippen LogP contribution in [0.4, 0.5) is 11.5 Å². The van der Waals surface area contributed by atoms with E-state index in [4.69, 9.17) is 11.0 Å². The number of nitrogens with two attached hydrogens (primary N) is 1. The molecule has 0 spiro atoms. The van der Waals surface area contributed by atoms with Gasteiger partial charge in [-0.3, -0.25) is 0 Å². The molecule has 1 aromatic rings. The molecule has 0 saturated heterocycles. The first kappa shape index (κ1) is 11.3. The Morgan fingerprint density at radius 1 is 1.67 bits per heavy atom. The highest BCUT2D eigenvalue weighted by atomic mass is 15.0. The highest BCUT2D eigenvalue weighted by Gasteiger charge is 2.07. The summed E-state index contributed by atoms with van der Waals surface area (Å²) in [7, 11) is 0. The second-order valence-corrected chi connectivity index (χ2v) is 3.61. The number of nitrogens with one attached hydrogen (secondary N) is 1. The van der Waals surface area contributed by atoms with Crippen LogP contribution in [0.25, 0.3) is 0 Å². The molecule has 1 unspecified atom stereocenters. The van der Waals surface area contributed by atoms with E-state index >= 15 is 0 Å². The van der Waals surface area contributed by atoms with Crippen molar-refractivity contribution in [3.63, 3.8) is 0 Å². The molecule has 0 saturated carbocycles. The molecule has 0 bridgehead atoms. The van der Waals surface area contributed by atoms with Crippen LogP contribution in [0.2, 0.25) is 0 Å². The minimum atomic E-state index is 0.318. The smallest absolute Gasteiger partial charge is 0.144 e. The first-order chi connectivity index (χ1) is 7.17. The monoisotopic (exact) mass is 204 g/mol. The van der Waals surface area contributed by atoms with Crippen LogP contribution >= 0.6 is 0 Å². The quantitative estimate of drug-likeness (QED) is 0.787. The second kappa shape index (κ2) is 5.20. The third-order valence-corrected chi connectivity index (χ3v) is 2.13. The van der Waals surface area contributed by atoms with Crippen LogP contribution in [0.3, 0.4) is 0 Å². The molecule has 0 amide bonds. The van der Waals surface area contributed by atoms with Gasteiger partial charge in [0, 0.05) is 6.04 Å². The van der Waals surface area contributed by atoms with E-state index in [0.29, 0.717) is 23.1 Å². The molecule has 1 aromatic heterocycles. The van der Waals surface area contributed by atoms with Gasteiger partial charge in [-0.25, -0.2) is 4.98 Å². The molecule has 4 nitrogen and oxygen atoms in total. The van der Waals surface area contributed by atoms with E-state index in [0.717, 1.165) is 12.8 Å². The average Bonchev–Trinajstić information content (AvgIpc) is 2.21. The van der Waals surface area contributed by atoms with Gasteiger partial charge < -0.3 is 11.1 Å². The third-order valence-electron chi connectivity index (χ3n) is 2.13. The van der Waals surface area contributed by atoms with Crippen molar-refractivity contribution in [2.45, 2.75) is 32.7 Å². The Kier molecular flexibility index (Phi) is 3.92. The summed E-state index contributed by atoms with van der Waals surface area (Å²) < 4.78 is 0. The highest BCUT2D eigenvalue weighted by molar-refractivity contribution is 5.57. The molecule has 0 fully saturated rings. The van der Waals surface area contributed by atoms with E-state index in [1.54, 1.807) is 12.3 Å². The molecular weight excluding hydrogens is 188 g/mol. The van der Waals surface area contributed by atoms with Gasteiger partial charge in [0.2, 0.25) is 0 Å². The van der Waals surface area contributed by atoms with Crippen molar-refractivity contribution < 1.29 is 0 Å². The minimum Gasteiger partial charge on any atom is -0.397 e. The van der Waals surface area contributed by atoms with Gasteiger partial charge in [0.05, 0.1) is 17.4 Å². The van der Waals surface area contributed by atoms with E-state index < -0.39 is 0 Å². The summed E-state index contributed by atoms with van der Waals surface area (Å²) in [5.74, 6) is 0.618. The van der Waals surface area contributed by atoms with E-state index in [2.05, 4.69) is 30.2 Å². The molecule has 0 aliphatic rings. The zero-order valence-corrected chi connectivity index (χ0v) is 9.12. The van der Waals surface area contributed by atoms with Gasteiger partial charge in [-0.05, 0) is 19.4 Å². The van der Waals surface area contributed by atoms with E-state index in [-0.39, 0.29) is 0 Å². The van der Waals surface area contributed by atoms with Gasteiger partial charge in [-0.15, -0.1) is 0 Å². The molecule has 80 valence electrons. The number of nitriles is 1. The molecule has 0 aliphatic carbocycles. The lowest BCUT2D eigenvalue weighted by Gasteiger charge is -2.14. The zero-order valence-electron chi connectivity index (χ0n) is 9.12. The topological polar surface area (TPSA) is 74.7 Å². The number of hydrogen-bond acceptors (Lipinski definition) is 4. The summed E-state index contributed by atoms with van der Waals surface area (Å²) in [4.78, 5) is 4.11. The minimum absolute atomic E-state index is 0.318. The molecule has 4 heteroatoms. The van der Waals surface area contributed by atoms with Crippen LogP contribution in [0.5, 0.6) is 0 Å². The molecule has 1 atom stereocenters. The number of pyridine rings is 1. The van der Waals surface area contributed by atoms with Crippen molar-refractivity contribution in [3.8, 4) is 6.07 Å². The van der Waals surface area contributed by atoms with E-state index in [1.807, 2.05) is 0 Å². The van der Waals surface area contributed by atoms with Gasteiger partial charge in [0.1, 0.15) is 11.9 Å². The summed E-state index contributed by atoms with van der Waals surface area (Å²) in [5.41, 5.74) is 6.56. The van der Waals surface area contributed by atoms with E-state index in [1.165, 1.54) is 0 Å². The predicted molar refractivity (Wildman–Crippen MR) is 61.4 cm³/mol. The maximum absolute atomic E-state index is 8.90. The van der Waals surface area contributed by atoms with Crippen molar-refractivity contribution in [2.75, 3.05) is 11.1 Å². The van der Waals surface area contributed by atoms with Gasteiger partial charge in [0.25, 0.3) is 0 Å². The number of rotatable bonds is 4. The van der Waals surface area contributed by atoms with Gasteiger partial charge in [-0.1, -0.05) is 13.3 Å². The molecule has 0 aliphatic heterocycles. The van der Waals surface area contributed by atoms with Crippen molar-refractivity contribution in [1.29, 1.82) is 5.26 Å². The summed E-state index contributed by atoms with van der Waals surface area (Å²) in [6, 6.07) is 4.03. The Labute approximate surface area is 90.1 Å². The maximum atomic E-state index is 8.90. The fourth-order valence-electron chi connectivity index (χ4n) is 1.42. The first-order valence-corrected chi connectivity index (χ1v) is 5.09. The normalized spacial score (nSPS) is 11.8. The SMILES string of the molecule is CCCC(C)Nc1ncc(N)cc1C#N. The second-order valence-electron chi connectivity index (χ2n) is 3.61. The zero-order chi connectivity index (χ0) is 11.3. The van der Waals surface area contributed by atoms with Crippen molar-refractivity contribution in [3.05, 3.63) is 17.8 Å². The molecular formula is C11H16N4. The van der Waals surface area contributed by atoms with Crippen molar-refractivity contribution >= 4 is 11.5 Å².